The topological polar surface area (TPSA) is 93.5 Å². The lowest BCUT2D eigenvalue weighted by Gasteiger charge is -2.13. The van der Waals surface area contributed by atoms with Gasteiger partial charge >= 0.3 is 0 Å². The lowest BCUT2D eigenvalue weighted by atomic mass is 10.3. The molecule has 110 valence electrons. The number of nitrogens with one attached hydrogen (secondary N) is 2. The number of hydrogen-bond donors (Lipinski definition) is 2. The molecule has 0 aliphatic carbocycles. The molecule has 1 atom stereocenters. The molecule has 2 aromatic heterocycles. The monoisotopic (exact) mass is 289 g/mol. The molecule has 2 heterocycles. The highest BCUT2D eigenvalue weighted by atomic mass is 16.5. The van der Waals surface area contributed by atoms with Crippen molar-refractivity contribution in [1.82, 2.24) is 10.3 Å². The fourth-order valence-corrected chi connectivity index (χ4v) is 1.57. The molecule has 0 fully saturated rings. The molecule has 0 saturated heterocycles. The molecule has 7 heteroatoms. The summed E-state index contributed by atoms with van der Waals surface area (Å²) >= 11 is 0. The van der Waals surface area contributed by atoms with Gasteiger partial charge in [-0.15, -0.1) is 0 Å². The van der Waals surface area contributed by atoms with E-state index in [2.05, 4.69) is 15.6 Å². The van der Waals surface area contributed by atoms with E-state index in [9.17, 15) is 9.59 Å². The summed E-state index contributed by atoms with van der Waals surface area (Å²) in [4.78, 5) is 27.7. The van der Waals surface area contributed by atoms with Crippen LogP contribution in [0.2, 0.25) is 0 Å². The maximum atomic E-state index is 12.0. The molecule has 0 unspecified atom stereocenters. The van der Waals surface area contributed by atoms with Gasteiger partial charge in [-0.1, -0.05) is 0 Å². The van der Waals surface area contributed by atoms with Gasteiger partial charge in [-0.2, -0.15) is 0 Å². The minimum atomic E-state index is -0.718. The van der Waals surface area contributed by atoms with Crippen LogP contribution < -0.4 is 15.4 Å². The molecule has 0 aliphatic rings. The Morgan fingerprint density at radius 1 is 1.33 bits per heavy atom. The van der Waals surface area contributed by atoms with Crippen LogP contribution in [0.5, 0.6) is 5.88 Å². The van der Waals surface area contributed by atoms with Crippen LogP contribution in [0.4, 0.5) is 5.69 Å². The van der Waals surface area contributed by atoms with Gasteiger partial charge in [0.15, 0.2) is 5.76 Å². The zero-order valence-electron chi connectivity index (χ0n) is 11.6. The van der Waals surface area contributed by atoms with Crippen LogP contribution in [0.1, 0.15) is 17.5 Å². The first-order chi connectivity index (χ1) is 10.1. The first kappa shape index (κ1) is 14.6. The average Bonchev–Trinajstić information content (AvgIpc) is 3.02. The summed E-state index contributed by atoms with van der Waals surface area (Å²) in [6.45, 7) is 1.58. The van der Waals surface area contributed by atoms with Crippen molar-refractivity contribution in [2.45, 2.75) is 13.0 Å². The van der Waals surface area contributed by atoms with Crippen LogP contribution in [0.25, 0.3) is 0 Å². The van der Waals surface area contributed by atoms with Crippen molar-refractivity contribution in [3.05, 3.63) is 42.5 Å². The molecular weight excluding hydrogens is 274 g/mol. The Morgan fingerprint density at radius 3 is 2.71 bits per heavy atom. The number of carbonyl (C=O) groups is 2. The van der Waals surface area contributed by atoms with Crippen molar-refractivity contribution < 1.29 is 18.7 Å². The van der Waals surface area contributed by atoms with Gasteiger partial charge in [0.1, 0.15) is 6.04 Å². The number of ether oxygens (including phenoxy) is 1. The van der Waals surface area contributed by atoms with Crippen molar-refractivity contribution in [2.24, 2.45) is 0 Å². The van der Waals surface area contributed by atoms with E-state index in [1.807, 2.05) is 0 Å². The van der Waals surface area contributed by atoms with Gasteiger partial charge in [-0.25, -0.2) is 4.98 Å². The Morgan fingerprint density at radius 2 is 2.14 bits per heavy atom. The van der Waals surface area contributed by atoms with Gasteiger partial charge in [0.2, 0.25) is 11.8 Å². The van der Waals surface area contributed by atoms with Crippen LogP contribution in [-0.4, -0.2) is 29.9 Å². The molecule has 2 N–H and O–H groups in total. The van der Waals surface area contributed by atoms with Crippen LogP contribution >= 0.6 is 0 Å². The number of furan rings is 1. The van der Waals surface area contributed by atoms with Gasteiger partial charge < -0.3 is 19.8 Å². The number of amides is 2. The Hall–Kier alpha value is -2.83. The normalized spacial score (nSPS) is 11.5. The second-order valence-electron chi connectivity index (χ2n) is 4.25. The largest absolute Gasteiger partial charge is 0.481 e. The fraction of sp³-hybridized carbons (Fsp3) is 0.214. The van der Waals surface area contributed by atoms with E-state index in [-0.39, 0.29) is 11.7 Å². The van der Waals surface area contributed by atoms with E-state index in [1.54, 1.807) is 25.1 Å². The number of aromatic nitrogens is 1. The lowest BCUT2D eigenvalue weighted by Crippen LogP contribution is -2.41. The Labute approximate surface area is 121 Å². The second kappa shape index (κ2) is 6.56. The number of pyridine rings is 1. The molecule has 0 aromatic carbocycles. The lowest BCUT2D eigenvalue weighted by molar-refractivity contribution is -0.117. The predicted molar refractivity (Wildman–Crippen MR) is 75.1 cm³/mol. The fourth-order valence-electron chi connectivity index (χ4n) is 1.57. The number of hydrogen-bond acceptors (Lipinski definition) is 5. The number of nitrogens with zero attached hydrogens (tertiary/aromatic N) is 1. The zero-order chi connectivity index (χ0) is 15.2. The van der Waals surface area contributed by atoms with Crippen molar-refractivity contribution in [3.63, 3.8) is 0 Å². The molecule has 0 aliphatic heterocycles. The molecule has 7 nitrogen and oxygen atoms in total. The summed E-state index contributed by atoms with van der Waals surface area (Å²) in [7, 11) is 1.51. The number of methoxy groups -OCH3 is 1. The maximum absolute atomic E-state index is 12.0. The SMILES string of the molecule is COc1ccc(NC(=O)[C@@H](C)NC(=O)c2ccco2)cn1. The summed E-state index contributed by atoms with van der Waals surface area (Å²) in [5, 5.41) is 5.18. The molecule has 2 aromatic rings. The number of anilines is 1. The Bertz CT molecular complexity index is 608. The van der Waals surface area contributed by atoms with Gasteiger partial charge in [-0.3, -0.25) is 9.59 Å². The van der Waals surface area contributed by atoms with Crippen molar-refractivity contribution in [1.29, 1.82) is 0 Å². The van der Waals surface area contributed by atoms with Gasteiger partial charge in [0.25, 0.3) is 5.91 Å². The smallest absolute Gasteiger partial charge is 0.287 e. The molecule has 21 heavy (non-hydrogen) atoms. The maximum Gasteiger partial charge on any atom is 0.287 e. The molecule has 2 rings (SSSR count). The first-order valence-electron chi connectivity index (χ1n) is 6.25. The van der Waals surface area contributed by atoms with E-state index in [0.717, 1.165) is 0 Å². The molecule has 0 bridgehead atoms. The van der Waals surface area contributed by atoms with Gasteiger partial charge in [0.05, 0.1) is 25.3 Å². The van der Waals surface area contributed by atoms with Crippen LogP contribution in [0.15, 0.2) is 41.1 Å². The highest BCUT2D eigenvalue weighted by Crippen LogP contribution is 2.11. The third-order valence-electron chi connectivity index (χ3n) is 2.70. The van der Waals surface area contributed by atoms with E-state index in [0.29, 0.717) is 11.6 Å². The summed E-state index contributed by atoms with van der Waals surface area (Å²) < 4.78 is 9.88. The summed E-state index contributed by atoms with van der Waals surface area (Å²) in [5.74, 6) is -0.203. The predicted octanol–water partition coefficient (Wildman–Crippen LogP) is 1.44. The Kier molecular flexibility index (Phi) is 4.55. The van der Waals surface area contributed by atoms with Crippen molar-refractivity contribution in [2.75, 3.05) is 12.4 Å². The summed E-state index contributed by atoms with van der Waals surface area (Å²) in [6.07, 6.45) is 2.86. The minimum absolute atomic E-state index is 0.153. The quantitative estimate of drug-likeness (QED) is 0.868. The zero-order valence-corrected chi connectivity index (χ0v) is 11.6. The average molecular weight is 289 g/mol. The molecule has 2 amide bonds. The first-order valence-corrected chi connectivity index (χ1v) is 6.25. The standard InChI is InChI=1S/C14H15N3O4/c1-9(16-14(19)11-4-3-7-21-11)13(18)17-10-5-6-12(20-2)15-8-10/h3-9H,1-2H3,(H,16,19)(H,17,18)/t9-/m1/s1. The molecule has 0 spiro atoms. The second-order valence-corrected chi connectivity index (χ2v) is 4.25. The highest BCUT2D eigenvalue weighted by molar-refractivity contribution is 5.99. The third kappa shape index (κ3) is 3.82. The van der Waals surface area contributed by atoms with Crippen LogP contribution in [0.3, 0.4) is 0 Å². The van der Waals surface area contributed by atoms with Crippen molar-refractivity contribution >= 4 is 17.5 Å². The van der Waals surface area contributed by atoms with Crippen LogP contribution in [0, 0.1) is 0 Å². The van der Waals surface area contributed by atoms with Gasteiger partial charge in [0, 0.05) is 6.07 Å². The minimum Gasteiger partial charge on any atom is -0.481 e. The highest BCUT2D eigenvalue weighted by Gasteiger charge is 2.18. The van der Waals surface area contributed by atoms with Crippen LogP contribution in [-0.2, 0) is 4.79 Å². The van der Waals surface area contributed by atoms with E-state index < -0.39 is 11.9 Å². The van der Waals surface area contributed by atoms with E-state index >= 15 is 0 Å². The number of rotatable bonds is 5. The van der Waals surface area contributed by atoms with E-state index in [1.165, 1.54) is 25.6 Å². The van der Waals surface area contributed by atoms with Gasteiger partial charge in [-0.05, 0) is 25.1 Å². The van der Waals surface area contributed by atoms with E-state index in [4.69, 9.17) is 9.15 Å². The Balaban J connectivity index is 1.91. The summed E-state index contributed by atoms with van der Waals surface area (Å²) in [5.41, 5.74) is 0.514. The number of carbonyl (C=O) groups excluding carboxylic acids is 2. The molecule has 0 radical (unpaired) electrons. The van der Waals surface area contributed by atoms with Crippen molar-refractivity contribution in [3.8, 4) is 5.88 Å². The molecule has 0 saturated carbocycles. The summed E-state index contributed by atoms with van der Waals surface area (Å²) in [6, 6.07) is 5.69. The molecular formula is C14H15N3O4. The third-order valence-corrected chi connectivity index (χ3v) is 2.70.